The first-order chi connectivity index (χ1) is 15.0. The van der Waals surface area contributed by atoms with Crippen molar-refractivity contribution in [3.63, 3.8) is 0 Å². The quantitative estimate of drug-likeness (QED) is 0.627. The zero-order valence-corrected chi connectivity index (χ0v) is 18.9. The van der Waals surface area contributed by atoms with Gasteiger partial charge < -0.3 is 23.8 Å². The lowest BCUT2D eigenvalue weighted by Gasteiger charge is -2.26. The number of nitrogens with zero attached hydrogens (tertiary/aromatic N) is 1. The monoisotopic (exact) mass is 445 g/mol. The summed E-state index contributed by atoms with van der Waals surface area (Å²) in [5.74, 6) is 2.34. The third kappa shape index (κ3) is 4.54. The smallest absolute Gasteiger partial charge is 0.254 e. The summed E-state index contributed by atoms with van der Waals surface area (Å²) in [5, 5.41) is 0.364. The number of likely N-dealkylation sites (tertiary alicyclic amines) is 1. The second-order valence-corrected chi connectivity index (χ2v) is 8.48. The first kappa shape index (κ1) is 21.6. The second-order valence-electron chi connectivity index (χ2n) is 8.07. The maximum Gasteiger partial charge on any atom is 0.254 e. The normalized spacial score (nSPS) is 18.1. The van der Waals surface area contributed by atoms with E-state index in [1.807, 2.05) is 36.9 Å². The van der Waals surface area contributed by atoms with Crippen molar-refractivity contribution in [3.05, 3.63) is 46.5 Å². The van der Waals surface area contributed by atoms with Crippen LogP contribution in [0.3, 0.4) is 0 Å². The Morgan fingerprint density at radius 3 is 2.65 bits per heavy atom. The Balaban J connectivity index is 1.61. The van der Waals surface area contributed by atoms with Gasteiger partial charge in [0.25, 0.3) is 5.91 Å². The summed E-state index contributed by atoms with van der Waals surface area (Å²) in [6.07, 6.45) is 2.63. The molecule has 0 unspecified atom stereocenters. The largest absolute Gasteiger partial charge is 0.493 e. The molecule has 1 atom stereocenters. The van der Waals surface area contributed by atoms with Gasteiger partial charge in [-0.2, -0.15) is 0 Å². The highest BCUT2D eigenvalue weighted by Gasteiger charge is 2.32. The van der Waals surface area contributed by atoms with Crippen molar-refractivity contribution in [1.29, 1.82) is 0 Å². The average molecular weight is 446 g/mol. The Morgan fingerprint density at radius 2 is 1.90 bits per heavy atom. The molecule has 7 heteroatoms. The Bertz CT molecular complexity index is 961. The van der Waals surface area contributed by atoms with Gasteiger partial charge in [-0.25, -0.2) is 0 Å². The third-order valence-corrected chi connectivity index (χ3v) is 5.78. The predicted molar refractivity (Wildman–Crippen MR) is 119 cm³/mol. The Morgan fingerprint density at radius 1 is 1.13 bits per heavy atom. The van der Waals surface area contributed by atoms with E-state index in [9.17, 15) is 4.79 Å². The number of fused-ring (bicyclic) bond motifs is 1. The molecule has 2 aromatic rings. The fourth-order valence-corrected chi connectivity index (χ4v) is 4.36. The highest BCUT2D eigenvalue weighted by atomic mass is 35.5. The Kier molecular flexibility index (Phi) is 6.46. The number of halogens is 1. The summed E-state index contributed by atoms with van der Waals surface area (Å²) in [4.78, 5) is 15.3. The highest BCUT2D eigenvalue weighted by Crippen LogP contribution is 2.41. The van der Waals surface area contributed by atoms with Crippen LogP contribution in [-0.2, 0) is 0 Å². The molecule has 2 aromatic carbocycles. The molecule has 6 nitrogen and oxygen atoms in total. The third-order valence-electron chi connectivity index (χ3n) is 5.50. The van der Waals surface area contributed by atoms with E-state index in [2.05, 4.69) is 0 Å². The number of amides is 1. The molecule has 166 valence electrons. The fraction of sp³-hybridized carbons (Fsp3) is 0.458. The van der Waals surface area contributed by atoms with Crippen LogP contribution in [0.15, 0.2) is 30.3 Å². The van der Waals surface area contributed by atoms with Crippen molar-refractivity contribution in [2.24, 2.45) is 0 Å². The van der Waals surface area contributed by atoms with Crippen molar-refractivity contribution in [1.82, 2.24) is 4.90 Å². The predicted octanol–water partition coefficient (Wildman–Crippen LogP) is 5.27. The van der Waals surface area contributed by atoms with Crippen LogP contribution in [0.1, 0.15) is 55.1 Å². The van der Waals surface area contributed by atoms with Gasteiger partial charge in [0.05, 0.1) is 37.5 Å². The van der Waals surface area contributed by atoms with E-state index < -0.39 is 0 Å². The summed E-state index contributed by atoms with van der Waals surface area (Å²) in [5.41, 5.74) is 1.53. The van der Waals surface area contributed by atoms with Gasteiger partial charge in [-0.05, 0) is 56.5 Å². The summed E-state index contributed by atoms with van der Waals surface area (Å²) >= 11 is 6.45. The molecule has 2 aliphatic heterocycles. The first-order valence-electron chi connectivity index (χ1n) is 10.7. The van der Waals surface area contributed by atoms with Crippen LogP contribution in [0.25, 0.3) is 0 Å². The Labute approximate surface area is 188 Å². The molecule has 0 radical (unpaired) electrons. The number of carbonyl (C=O) groups is 1. The van der Waals surface area contributed by atoms with Gasteiger partial charge in [-0.1, -0.05) is 17.7 Å². The SMILES string of the molecule is COc1cc(C(=O)N2CCC[C@@H]2c2ccc3c(c2)OCCCO3)cc(Cl)c1OC(C)C. The minimum atomic E-state index is -0.0779. The van der Waals surface area contributed by atoms with E-state index >= 15 is 0 Å². The van der Waals surface area contributed by atoms with Crippen LogP contribution in [0.4, 0.5) is 0 Å². The number of hydrogen-bond donors (Lipinski definition) is 0. The van der Waals surface area contributed by atoms with Crippen molar-refractivity contribution in [2.75, 3.05) is 26.9 Å². The lowest BCUT2D eigenvalue weighted by molar-refractivity contribution is 0.0735. The maximum absolute atomic E-state index is 13.4. The summed E-state index contributed by atoms with van der Waals surface area (Å²) in [6.45, 7) is 5.80. The molecule has 2 aliphatic rings. The second kappa shape index (κ2) is 9.27. The van der Waals surface area contributed by atoms with Gasteiger partial charge in [-0.15, -0.1) is 0 Å². The summed E-state index contributed by atoms with van der Waals surface area (Å²) < 4.78 is 22.8. The molecule has 1 fully saturated rings. The van der Waals surface area contributed by atoms with Gasteiger partial charge in [0, 0.05) is 18.5 Å². The minimum absolute atomic E-state index is 0.0268. The van der Waals surface area contributed by atoms with Crippen molar-refractivity contribution in [3.8, 4) is 23.0 Å². The fourth-order valence-electron chi connectivity index (χ4n) is 4.10. The molecule has 0 bridgehead atoms. The molecular formula is C24H28ClNO5. The van der Waals surface area contributed by atoms with E-state index in [1.165, 1.54) is 0 Å². The lowest BCUT2D eigenvalue weighted by atomic mass is 10.0. The molecule has 0 saturated carbocycles. The molecule has 0 N–H and O–H groups in total. The zero-order chi connectivity index (χ0) is 22.0. The number of methoxy groups -OCH3 is 1. The van der Waals surface area contributed by atoms with Gasteiger partial charge in [0.15, 0.2) is 23.0 Å². The van der Waals surface area contributed by atoms with Crippen LogP contribution < -0.4 is 18.9 Å². The van der Waals surface area contributed by atoms with Crippen molar-refractivity contribution < 1.29 is 23.7 Å². The van der Waals surface area contributed by atoms with Gasteiger partial charge in [0.2, 0.25) is 0 Å². The van der Waals surface area contributed by atoms with Gasteiger partial charge in [0.1, 0.15) is 0 Å². The lowest BCUT2D eigenvalue weighted by Crippen LogP contribution is -2.30. The molecule has 2 heterocycles. The van der Waals surface area contributed by atoms with E-state index in [1.54, 1.807) is 19.2 Å². The maximum atomic E-state index is 13.4. The molecule has 0 spiro atoms. The number of hydrogen-bond acceptors (Lipinski definition) is 5. The topological polar surface area (TPSA) is 57.2 Å². The van der Waals surface area contributed by atoms with Crippen LogP contribution in [0, 0.1) is 0 Å². The minimum Gasteiger partial charge on any atom is -0.493 e. The summed E-state index contributed by atoms with van der Waals surface area (Å²) in [7, 11) is 1.55. The van der Waals surface area contributed by atoms with Gasteiger partial charge >= 0.3 is 0 Å². The van der Waals surface area contributed by atoms with Crippen LogP contribution >= 0.6 is 11.6 Å². The Hall–Kier alpha value is -2.60. The number of rotatable bonds is 5. The zero-order valence-electron chi connectivity index (χ0n) is 18.2. The number of benzene rings is 2. The summed E-state index contributed by atoms with van der Waals surface area (Å²) in [6, 6.07) is 9.31. The van der Waals surface area contributed by atoms with E-state index in [0.29, 0.717) is 41.8 Å². The molecule has 1 amide bonds. The average Bonchev–Trinajstić information content (AvgIpc) is 3.12. The molecule has 0 aromatic heterocycles. The number of carbonyl (C=O) groups excluding carboxylic acids is 1. The van der Waals surface area contributed by atoms with Crippen LogP contribution in [0.5, 0.6) is 23.0 Å². The van der Waals surface area contributed by atoms with Gasteiger partial charge in [-0.3, -0.25) is 4.79 Å². The van der Waals surface area contributed by atoms with Crippen molar-refractivity contribution >= 4 is 17.5 Å². The van der Waals surface area contributed by atoms with Crippen LogP contribution in [0.2, 0.25) is 5.02 Å². The molecular weight excluding hydrogens is 418 g/mol. The van der Waals surface area contributed by atoms with Crippen LogP contribution in [-0.4, -0.2) is 43.8 Å². The standard InChI is InChI=1S/C24H28ClNO5/c1-15(2)31-23-18(25)12-17(14-22(23)28-3)24(27)26-9-4-6-19(26)16-7-8-20-21(13-16)30-11-5-10-29-20/h7-8,12-15,19H,4-6,9-11H2,1-3H3/t19-/m1/s1. The van der Waals surface area contributed by atoms with E-state index in [0.717, 1.165) is 36.3 Å². The first-order valence-corrected chi connectivity index (χ1v) is 11.1. The van der Waals surface area contributed by atoms with E-state index in [-0.39, 0.29) is 18.1 Å². The highest BCUT2D eigenvalue weighted by molar-refractivity contribution is 6.32. The molecule has 31 heavy (non-hydrogen) atoms. The number of ether oxygens (including phenoxy) is 4. The molecule has 1 saturated heterocycles. The molecule has 0 aliphatic carbocycles. The van der Waals surface area contributed by atoms with E-state index in [4.69, 9.17) is 30.5 Å². The van der Waals surface area contributed by atoms with Crippen molar-refractivity contribution in [2.45, 2.75) is 45.3 Å². The molecule has 4 rings (SSSR count).